The minimum Gasteiger partial charge on any atom is -0.473 e. The molecule has 1 atom stereocenters. The summed E-state index contributed by atoms with van der Waals surface area (Å²) in [6, 6.07) is 7.72. The van der Waals surface area contributed by atoms with E-state index >= 15 is 0 Å². The van der Waals surface area contributed by atoms with Crippen molar-refractivity contribution >= 4 is 16.6 Å². The Labute approximate surface area is 145 Å². The molecule has 1 saturated carbocycles. The fourth-order valence-electron chi connectivity index (χ4n) is 2.84. The fraction of sp³-hybridized carbons (Fsp3) is 0.444. The first-order valence-corrected chi connectivity index (χ1v) is 9.91. The van der Waals surface area contributed by atoms with E-state index in [1.54, 1.807) is 18.6 Å². The standard InChI is InChI=1S/C18H23N3O2S/c1-24(22)16-9-7-14(8-10-16)11-20-17-12-19-13-18(21-17)23-15-5-3-2-4-6-15/h7-10,12-13,15H,2-6,11H2,1H3,(H,20,21). The highest BCUT2D eigenvalue weighted by Gasteiger charge is 2.15. The molecule has 0 radical (unpaired) electrons. The van der Waals surface area contributed by atoms with Crippen LogP contribution in [0.3, 0.4) is 0 Å². The number of nitrogens with one attached hydrogen (secondary N) is 1. The van der Waals surface area contributed by atoms with E-state index in [9.17, 15) is 4.21 Å². The average Bonchev–Trinajstić information content (AvgIpc) is 2.61. The van der Waals surface area contributed by atoms with Gasteiger partial charge >= 0.3 is 0 Å². The molecule has 6 heteroatoms. The highest BCUT2D eigenvalue weighted by Crippen LogP contribution is 2.22. The maximum atomic E-state index is 11.4. The zero-order valence-corrected chi connectivity index (χ0v) is 14.7. The first kappa shape index (κ1) is 16.9. The zero-order valence-electron chi connectivity index (χ0n) is 13.9. The normalized spacial score (nSPS) is 16.5. The summed E-state index contributed by atoms with van der Waals surface area (Å²) in [6.45, 7) is 0.637. The zero-order chi connectivity index (χ0) is 16.8. The molecule has 1 fully saturated rings. The van der Waals surface area contributed by atoms with Gasteiger partial charge in [0.25, 0.3) is 0 Å². The molecular weight excluding hydrogens is 322 g/mol. The van der Waals surface area contributed by atoms with Gasteiger partial charge in [0, 0.05) is 28.5 Å². The van der Waals surface area contributed by atoms with Gasteiger partial charge in [-0.1, -0.05) is 18.6 Å². The Bertz CT molecular complexity index is 685. The summed E-state index contributed by atoms with van der Waals surface area (Å²) >= 11 is 0. The maximum Gasteiger partial charge on any atom is 0.234 e. The van der Waals surface area contributed by atoms with Crippen molar-refractivity contribution in [1.82, 2.24) is 9.97 Å². The third-order valence-electron chi connectivity index (χ3n) is 4.18. The van der Waals surface area contributed by atoms with E-state index in [2.05, 4.69) is 15.3 Å². The lowest BCUT2D eigenvalue weighted by Gasteiger charge is -2.22. The number of hydrogen-bond donors (Lipinski definition) is 1. The molecule has 128 valence electrons. The number of anilines is 1. The van der Waals surface area contributed by atoms with Crippen LogP contribution >= 0.6 is 0 Å². The van der Waals surface area contributed by atoms with Crippen molar-refractivity contribution in [1.29, 1.82) is 0 Å². The lowest BCUT2D eigenvalue weighted by atomic mass is 9.98. The number of hydrogen-bond acceptors (Lipinski definition) is 5. The molecule has 24 heavy (non-hydrogen) atoms. The Morgan fingerprint density at radius 2 is 1.92 bits per heavy atom. The summed E-state index contributed by atoms with van der Waals surface area (Å²) < 4.78 is 17.3. The van der Waals surface area contributed by atoms with Crippen molar-refractivity contribution in [3.63, 3.8) is 0 Å². The van der Waals surface area contributed by atoms with Crippen LogP contribution in [0.2, 0.25) is 0 Å². The average molecular weight is 345 g/mol. The molecule has 0 aliphatic heterocycles. The molecule has 2 aromatic rings. The molecule has 1 N–H and O–H groups in total. The third-order valence-corrected chi connectivity index (χ3v) is 5.12. The van der Waals surface area contributed by atoms with Gasteiger partial charge in [-0.05, 0) is 43.4 Å². The topological polar surface area (TPSA) is 64.1 Å². The molecule has 1 heterocycles. The summed E-state index contributed by atoms with van der Waals surface area (Å²) in [5.74, 6) is 1.29. The molecule has 0 spiro atoms. The second-order valence-electron chi connectivity index (χ2n) is 6.07. The van der Waals surface area contributed by atoms with Crippen LogP contribution in [0.1, 0.15) is 37.7 Å². The molecule has 1 unspecified atom stereocenters. The SMILES string of the molecule is CS(=O)c1ccc(CNc2cncc(OC3CCCCC3)n2)cc1. The lowest BCUT2D eigenvalue weighted by molar-refractivity contribution is 0.148. The largest absolute Gasteiger partial charge is 0.473 e. The van der Waals surface area contributed by atoms with E-state index in [0.717, 1.165) is 23.3 Å². The van der Waals surface area contributed by atoms with Gasteiger partial charge in [0.15, 0.2) is 0 Å². The quantitative estimate of drug-likeness (QED) is 0.867. The van der Waals surface area contributed by atoms with Gasteiger partial charge in [0.1, 0.15) is 11.9 Å². The minimum absolute atomic E-state index is 0.269. The van der Waals surface area contributed by atoms with E-state index < -0.39 is 10.8 Å². The predicted molar refractivity (Wildman–Crippen MR) is 95.6 cm³/mol. The first-order chi connectivity index (χ1) is 11.7. The number of benzene rings is 1. The maximum absolute atomic E-state index is 11.4. The van der Waals surface area contributed by atoms with Crippen LogP contribution in [-0.4, -0.2) is 26.5 Å². The molecule has 0 saturated heterocycles. The van der Waals surface area contributed by atoms with Crippen LogP contribution in [0, 0.1) is 0 Å². The van der Waals surface area contributed by atoms with Crippen LogP contribution < -0.4 is 10.1 Å². The van der Waals surface area contributed by atoms with E-state index in [-0.39, 0.29) is 6.10 Å². The Kier molecular flexibility index (Phi) is 5.80. The van der Waals surface area contributed by atoms with Crippen LogP contribution in [0.4, 0.5) is 5.82 Å². The summed E-state index contributed by atoms with van der Waals surface area (Å²) in [6.07, 6.45) is 11.3. The molecule has 1 aliphatic carbocycles. The van der Waals surface area contributed by atoms with Crippen molar-refractivity contribution in [2.75, 3.05) is 11.6 Å². The van der Waals surface area contributed by atoms with Crippen LogP contribution in [-0.2, 0) is 17.3 Å². The first-order valence-electron chi connectivity index (χ1n) is 8.35. The van der Waals surface area contributed by atoms with E-state index in [4.69, 9.17) is 4.74 Å². The number of aromatic nitrogens is 2. The van der Waals surface area contributed by atoms with Crippen molar-refractivity contribution in [2.24, 2.45) is 0 Å². The van der Waals surface area contributed by atoms with Crippen LogP contribution in [0.5, 0.6) is 5.88 Å². The van der Waals surface area contributed by atoms with Gasteiger partial charge in [-0.25, -0.2) is 0 Å². The van der Waals surface area contributed by atoms with E-state index in [1.165, 1.54) is 19.3 Å². The second-order valence-corrected chi connectivity index (χ2v) is 7.45. The smallest absolute Gasteiger partial charge is 0.234 e. The molecule has 1 aromatic carbocycles. The predicted octanol–water partition coefficient (Wildman–Crippen LogP) is 3.54. The lowest BCUT2D eigenvalue weighted by Crippen LogP contribution is -2.20. The van der Waals surface area contributed by atoms with Gasteiger partial charge in [-0.3, -0.25) is 9.19 Å². The van der Waals surface area contributed by atoms with E-state index in [1.807, 2.05) is 24.3 Å². The fourth-order valence-corrected chi connectivity index (χ4v) is 3.35. The molecular formula is C18H23N3O2S. The summed E-state index contributed by atoms with van der Waals surface area (Å²) in [5, 5.41) is 3.26. The highest BCUT2D eigenvalue weighted by molar-refractivity contribution is 7.84. The second kappa shape index (κ2) is 8.24. The van der Waals surface area contributed by atoms with Crippen LogP contribution in [0.15, 0.2) is 41.6 Å². The molecule has 1 aliphatic rings. The molecule has 0 amide bonds. The number of rotatable bonds is 6. The molecule has 0 bridgehead atoms. The van der Waals surface area contributed by atoms with Crippen molar-refractivity contribution in [3.05, 3.63) is 42.2 Å². The Morgan fingerprint density at radius 1 is 1.17 bits per heavy atom. The summed E-state index contributed by atoms with van der Waals surface area (Å²) in [5.41, 5.74) is 1.10. The molecule has 5 nitrogen and oxygen atoms in total. The van der Waals surface area contributed by atoms with Crippen LogP contribution in [0.25, 0.3) is 0 Å². The van der Waals surface area contributed by atoms with Crippen molar-refractivity contribution < 1.29 is 8.95 Å². The van der Waals surface area contributed by atoms with Gasteiger partial charge < -0.3 is 10.1 Å². The van der Waals surface area contributed by atoms with Gasteiger partial charge in [0.2, 0.25) is 5.88 Å². The Balaban J connectivity index is 1.56. The van der Waals surface area contributed by atoms with Gasteiger partial charge in [0.05, 0.1) is 12.4 Å². The molecule has 3 rings (SSSR count). The number of nitrogens with zero attached hydrogens (tertiary/aromatic N) is 2. The highest BCUT2D eigenvalue weighted by atomic mass is 32.2. The monoisotopic (exact) mass is 345 g/mol. The van der Waals surface area contributed by atoms with Crippen molar-refractivity contribution in [3.8, 4) is 5.88 Å². The van der Waals surface area contributed by atoms with Gasteiger partial charge in [-0.15, -0.1) is 0 Å². The Hall–Kier alpha value is -1.95. The summed E-state index contributed by atoms with van der Waals surface area (Å²) in [4.78, 5) is 9.53. The minimum atomic E-state index is -0.944. The van der Waals surface area contributed by atoms with Crippen molar-refractivity contribution in [2.45, 2.75) is 49.6 Å². The number of ether oxygens (including phenoxy) is 1. The van der Waals surface area contributed by atoms with Gasteiger partial charge in [-0.2, -0.15) is 4.98 Å². The third kappa shape index (κ3) is 4.77. The molecule has 1 aromatic heterocycles. The van der Waals surface area contributed by atoms with E-state index in [0.29, 0.717) is 18.2 Å². The summed E-state index contributed by atoms with van der Waals surface area (Å²) in [7, 11) is -0.944. The Morgan fingerprint density at radius 3 is 2.62 bits per heavy atom.